The molecule has 0 aromatic rings. The summed E-state index contributed by atoms with van der Waals surface area (Å²) in [7, 11) is 5.54. The van der Waals surface area contributed by atoms with Crippen molar-refractivity contribution in [2.75, 3.05) is 27.7 Å². The second-order valence-electron chi connectivity index (χ2n) is 6.32. The van der Waals surface area contributed by atoms with Gasteiger partial charge in [0, 0.05) is 12.4 Å². The van der Waals surface area contributed by atoms with Crippen LogP contribution in [0.15, 0.2) is 12.2 Å². The number of quaternary nitrogens is 1. The fourth-order valence-corrected chi connectivity index (χ4v) is 1.89. The molecular weight excluding hydrogens is 306 g/mol. The average molecular weight is 331 g/mol. The number of esters is 1. The first-order valence-corrected chi connectivity index (χ1v) is 7.24. The lowest BCUT2D eigenvalue weighted by molar-refractivity contribution is -0.873. The summed E-state index contributed by atoms with van der Waals surface area (Å²) in [6, 6.07) is 0. The second-order valence-corrected chi connectivity index (χ2v) is 6.32. The lowest BCUT2D eigenvalue weighted by Gasteiger charge is -2.29. The third-order valence-corrected chi connectivity index (χ3v) is 2.71. The molecule has 132 valence electrons. The molecule has 2 N–H and O–H groups in total. The van der Waals surface area contributed by atoms with Crippen molar-refractivity contribution in [1.82, 2.24) is 0 Å². The number of aliphatic hydroxyl groups excluding tert-OH is 1. The minimum atomic E-state index is -1.29. The van der Waals surface area contributed by atoms with E-state index >= 15 is 0 Å². The van der Waals surface area contributed by atoms with Crippen molar-refractivity contribution in [1.29, 1.82) is 0 Å². The molecule has 0 aliphatic heterocycles. The Kier molecular flexibility index (Phi) is 9.12. The van der Waals surface area contributed by atoms with Crippen molar-refractivity contribution in [3.8, 4) is 0 Å². The quantitative estimate of drug-likeness (QED) is 0.280. The number of carboxylic acids is 2. The van der Waals surface area contributed by atoms with Crippen LogP contribution in [0.2, 0.25) is 0 Å². The molecule has 2 atom stereocenters. The number of likely N-dealkylation sites (N-methyl/N-ethyl adjacent to an activating group) is 1. The van der Waals surface area contributed by atoms with E-state index in [0.29, 0.717) is 11.0 Å². The zero-order valence-electron chi connectivity index (χ0n) is 13.7. The average Bonchev–Trinajstić information content (AvgIpc) is 2.30. The SMILES string of the molecule is C[N+](C)(C)CC(CC(=O)[O-])OC(=O)C/C=C/CC(O)CC(=O)O. The van der Waals surface area contributed by atoms with Gasteiger partial charge in [-0.15, -0.1) is 0 Å². The molecule has 0 heterocycles. The fourth-order valence-electron chi connectivity index (χ4n) is 1.89. The van der Waals surface area contributed by atoms with Gasteiger partial charge in [-0.25, -0.2) is 0 Å². The number of hydrogen-bond donors (Lipinski definition) is 2. The molecule has 0 saturated heterocycles. The number of carbonyl (C=O) groups excluding carboxylic acids is 2. The number of carboxylic acid groups (broad SMARTS) is 2. The number of hydrogen-bond acceptors (Lipinski definition) is 6. The molecule has 0 rings (SSSR count). The van der Waals surface area contributed by atoms with Gasteiger partial charge in [0.05, 0.1) is 40.1 Å². The topological polar surface area (TPSA) is 124 Å². The molecule has 8 nitrogen and oxygen atoms in total. The maximum Gasteiger partial charge on any atom is 0.310 e. The van der Waals surface area contributed by atoms with Crippen LogP contribution in [0.1, 0.15) is 25.7 Å². The van der Waals surface area contributed by atoms with Crippen LogP contribution >= 0.6 is 0 Å². The van der Waals surface area contributed by atoms with E-state index in [1.165, 1.54) is 12.2 Å². The van der Waals surface area contributed by atoms with Gasteiger partial charge in [0.25, 0.3) is 0 Å². The van der Waals surface area contributed by atoms with Gasteiger partial charge in [0.15, 0.2) is 6.10 Å². The van der Waals surface area contributed by atoms with Gasteiger partial charge in [-0.3, -0.25) is 9.59 Å². The largest absolute Gasteiger partial charge is 0.550 e. The number of carbonyl (C=O) groups is 3. The smallest absolute Gasteiger partial charge is 0.310 e. The van der Waals surface area contributed by atoms with E-state index < -0.39 is 30.1 Å². The number of ether oxygens (including phenoxy) is 1. The summed E-state index contributed by atoms with van der Waals surface area (Å²) in [4.78, 5) is 32.8. The third kappa shape index (κ3) is 13.5. The summed E-state index contributed by atoms with van der Waals surface area (Å²) >= 11 is 0. The maximum absolute atomic E-state index is 11.7. The first kappa shape index (κ1) is 21.1. The Labute approximate surface area is 135 Å². The molecule has 0 saturated carbocycles. The normalized spacial score (nSPS) is 14.4. The fraction of sp³-hybridized carbons (Fsp3) is 0.667. The molecular formula is C15H25NO7. The van der Waals surface area contributed by atoms with E-state index in [2.05, 4.69) is 0 Å². The Morgan fingerprint density at radius 2 is 1.78 bits per heavy atom. The van der Waals surface area contributed by atoms with E-state index in [4.69, 9.17) is 9.84 Å². The van der Waals surface area contributed by atoms with Crippen LogP contribution in [-0.4, -0.2) is 72.5 Å². The Morgan fingerprint density at radius 3 is 2.26 bits per heavy atom. The van der Waals surface area contributed by atoms with Crippen molar-refractivity contribution >= 4 is 17.9 Å². The molecule has 2 unspecified atom stereocenters. The molecule has 0 radical (unpaired) electrons. The van der Waals surface area contributed by atoms with Crippen LogP contribution in [0, 0.1) is 0 Å². The summed E-state index contributed by atoms with van der Waals surface area (Å²) in [6.45, 7) is 0.334. The van der Waals surface area contributed by atoms with Gasteiger partial charge in [-0.05, 0) is 6.42 Å². The van der Waals surface area contributed by atoms with Crippen molar-refractivity contribution < 1.29 is 38.9 Å². The predicted octanol–water partition coefficient (Wildman–Crippen LogP) is -1.08. The zero-order valence-corrected chi connectivity index (χ0v) is 13.7. The second kappa shape index (κ2) is 9.96. The molecule has 0 bridgehead atoms. The van der Waals surface area contributed by atoms with Crippen LogP contribution in [0.4, 0.5) is 0 Å². The van der Waals surface area contributed by atoms with Crippen LogP contribution < -0.4 is 5.11 Å². The molecule has 23 heavy (non-hydrogen) atoms. The van der Waals surface area contributed by atoms with E-state index in [1.807, 2.05) is 21.1 Å². The molecule has 8 heteroatoms. The third-order valence-electron chi connectivity index (χ3n) is 2.71. The minimum absolute atomic E-state index is 0.0829. The highest BCUT2D eigenvalue weighted by Gasteiger charge is 2.21. The van der Waals surface area contributed by atoms with E-state index in [1.54, 1.807) is 0 Å². The standard InChI is InChI=1S/C15H25NO7/c1-16(2,3)10-12(9-14(20)21)23-15(22)7-5-4-6-11(17)8-13(18)19/h4-5,11-12,17H,6-10H2,1-3H3,(H-,18,19,20,21)/b5-4+. The van der Waals surface area contributed by atoms with Gasteiger partial charge in [-0.2, -0.15) is 0 Å². The first-order chi connectivity index (χ1) is 10.5. The van der Waals surface area contributed by atoms with E-state index in [9.17, 15) is 24.6 Å². The molecule has 0 amide bonds. The summed E-state index contributed by atoms with van der Waals surface area (Å²) < 4.78 is 5.56. The van der Waals surface area contributed by atoms with Crippen molar-refractivity contribution in [2.45, 2.75) is 37.9 Å². The van der Waals surface area contributed by atoms with Crippen LogP contribution in [-0.2, 0) is 19.1 Å². The Morgan fingerprint density at radius 1 is 1.17 bits per heavy atom. The molecule has 0 spiro atoms. The molecule has 0 aliphatic carbocycles. The minimum Gasteiger partial charge on any atom is -0.550 e. The lowest BCUT2D eigenvalue weighted by Crippen LogP contribution is -2.45. The summed E-state index contributed by atoms with van der Waals surface area (Å²) in [5.41, 5.74) is 0. The summed E-state index contributed by atoms with van der Waals surface area (Å²) in [5.74, 6) is -2.98. The number of aliphatic carboxylic acids is 2. The summed E-state index contributed by atoms with van der Waals surface area (Å²) in [5, 5.41) is 28.5. The van der Waals surface area contributed by atoms with E-state index in [-0.39, 0.29) is 25.7 Å². The number of rotatable bonds is 11. The van der Waals surface area contributed by atoms with Crippen LogP contribution in [0.25, 0.3) is 0 Å². The summed E-state index contributed by atoms with van der Waals surface area (Å²) in [6.07, 6.45) is 0.440. The Hall–Kier alpha value is -1.93. The Bertz CT molecular complexity index is 440. The lowest BCUT2D eigenvalue weighted by atomic mass is 10.1. The van der Waals surface area contributed by atoms with Gasteiger partial charge in [0.1, 0.15) is 6.54 Å². The molecule has 0 aromatic heterocycles. The van der Waals surface area contributed by atoms with Gasteiger partial charge in [-0.1, -0.05) is 12.2 Å². The predicted molar refractivity (Wildman–Crippen MR) is 79.0 cm³/mol. The Balaban J connectivity index is 4.31. The van der Waals surface area contributed by atoms with Crippen molar-refractivity contribution in [3.63, 3.8) is 0 Å². The van der Waals surface area contributed by atoms with Gasteiger partial charge >= 0.3 is 11.9 Å². The van der Waals surface area contributed by atoms with Gasteiger partial charge in [0.2, 0.25) is 0 Å². The molecule has 0 fully saturated rings. The first-order valence-electron chi connectivity index (χ1n) is 7.24. The zero-order chi connectivity index (χ0) is 18.0. The van der Waals surface area contributed by atoms with Crippen LogP contribution in [0.3, 0.4) is 0 Å². The highest BCUT2D eigenvalue weighted by Crippen LogP contribution is 2.07. The highest BCUT2D eigenvalue weighted by molar-refractivity contribution is 5.72. The van der Waals surface area contributed by atoms with Crippen molar-refractivity contribution in [2.24, 2.45) is 0 Å². The van der Waals surface area contributed by atoms with E-state index in [0.717, 1.165) is 0 Å². The monoisotopic (exact) mass is 331 g/mol. The molecule has 0 aromatic carbocycles. The maximum atomic E-state index is 11.7. The van der Waals surface area contributed by atoms with Crippen LogP contribution in [0.5, 0.6) is 0 Å². The van der Waals surface area contributed by atoms with Gasteiger partial charge < -0.3 is 29.3 Å². The number of nitrogens with zero attached hydrogens (tertiary/aromatic N) is 1. The number of aliphatic hydroxyl groups is 1. The van der Waals surface area contributed by atoms with Crippen molar-refractivity contribution in [3.05, 3.63) is 12.2 Å². The highest BCUT2D eigenvalue weighted by atomic mass is 16.5. The molecule has 0 aliphatic rings.